The molecule has 0 amide bonds. The molecule has 0 aliphatic carbocycles. The molecule has 0 bridgehead atoms. The largest absolute Gasteiger partial charge is 0.407 e. The molecule has 5 heteroatoms. The normalized spacial score (nSPS) is 13.1. The van der Waals surface area contributed by atoms with Crippen LogP contribution in [0.1, 0.15) is 13.3 Å². The molecule has 0 aromatic carbocycles. The molecule has 0 radical (unpaired) electrons. The van der Waals surface area contributed by atoms with Crippen molar-refractivity contribution in [3.63, 3.8) is 0 Å². The van der Waals surface area contributed by atoms with Crippen molar-refractivity contribution in [1.29, 1.82) is 5.39 Å². The van der Waals surface area contributed by atoms with Gasteiger partial charge in [0.2, 0.25) is 16.1 Å². The van der Waals surface area contributed by atoms with Crippen molar-refractivity contribution < 1.29 is 8.42 Å². The third kappa shape index (κ3) is 1.89. The highest BCUT2D eigenvalue weighted by atomic mass is 32.2. The summed E-state index contributed by atoms with van der Waals surface area (Å²) in [5, 5.41) is 7.03. The zero-order valence-corrected chi connectivity index (χ0v) is 5.34. The van der Waals surface area contributed by atoms with Gasteiger partial charge in [0, 0.05) is 6.42 Å². The molecule has 1 unspecified atom stereocenters. The second kappa shape index (κ2) is 3.38. The lowest BCUT2D eigenvalue weighted by atomic mass is 10.5. The molecule has 46 valence electrons. The van der Waals surface area contributed by atoms with E-state index in [2.05, 4.69) is 4.98 Å². The van der Waals surface area contributed by atoms with Gasteiger partial charge in [-0.25, -0.2) is 8.42 Å². The van der Waals surface area contributed by atoms with Crippen molar-refractivity contribution in [2.24, 2.45) is 0 Å². The fourth-order valence-electron chi connectivity index (χ4n) is 0.273. The minimum Gasteiger partial charge on any atom is -0.224 e. The molecule has 0 aromatic rings. The van der Waals surface area contributed by atoms with Crippen LogP contribution in [-0.2, 0) is 10.7 Å². The maximum Gasteiger partial charge on any atom is 0.407 e. The van der Waals surface area contributed by atoms with Gasteiger partial charge in [-0.3, -0.25) is 0 Å². The van der Waals surface area contributed by atoms with E-state index in [1.807, 2.05) is 0 Å². The van der Waals surface area contributed by atoms with Crippen LogP contribution in [0.25, 0.3) is 4.98 Å². The Morgan fingerprint density at radius 3 is 2.25 bits per heavy atom. The number of hydrogen-bond donors (Lipinski definition) is 1. The van der Waals surface area contributed by atoms with Crippen LogP contribution in [0, 0.1) is 5.39 Å². The van der Waals surface area contributed by atoms with Gasteiger partial charge in [-0.05, 0) is 0 Å². The van der Waals surface area contributed by atoms with Gasteiger partial charge in [-0.2, -0.15) is 0 Å². The maximum atomic E-state index is 9.94. The zero-order valence-electron chi connectivity index (χ0n) is 4.44. The first kappa shape index (κ1) is 7.37. The van der Waals surface area contributed by atoms with E-state index >= 15 is 0 Å². The smallest absolute Gasteiger partial charge is 0.224 e. The van der Waals surface area contributed by atoms with Crippen LogP contribution in [0.3, 0.4) is 0 Å². The van der Waals surface area contributed by atoms with Crippen LogP contribution in [0.2, 0.25) is 0 Å². The van der Waals surface area contributed by atoms with Crippen LogP contribution in [0.4, 0.5) is 0 Å². The molecule has 0 spiro atoms. The van der Waals surface area contributed by atoms with Gasteiger partial charge in [0.05, 0.1) is 0 Å². The first-order chi connectivity index (χ1) is 3.72. The second-order valence-electron chi connectivity index (χ2n) is 1.29. The highest BCUT2D eigenvalue weighted by Crippen LogP contribution is 1.94. The number of hydrogen-bond acceptors (Lipinski definition) is 3. The van der Waals surface area contributed by atoms with Crippen LogP contribution < -0.4 is 0 Å². The van der Waals surface area contributed by atoms with Crippen molar-refractivity contribution >= 4 is 10.7 Å². The standard InChI is InChI=1S/C3H7N2O2S/c1-2-3(5-4)8(6)7/h3,8H,2H2,1H3/q+1. The summed E-state index contributed by atoms with van der Waals surface area (Å²) < 4.78 is 19.9. The quantitative estimate of drug-likeness (QED) is 0.434. The number of nitrogens with zero attached hydrogens (tertiary/aromatic N) is 2. The Bertz CT molecular complexity index is 161. The third-order valence-electron chi connectivity index (χ3n) is 0.742. The van der Waals surface area contributed by atoms with E-state index in [4.69, 9.17) is 5.39 Å². The predicted octanol–water partition coefficient (Wildman–Crippen LogP) is 0.187. The number of diazo groups is 1. The van der Waals surface area contributed by atoms with Crippen LogP contribution in [0.5, 0.6) is 0 Å². The fraction of sp³-hybridized carbons (Fsp3) is 1.00. The van der Waals surface area contributed by atoms with E-state index in [0.29, 0.717) is 6.42 Å². The lowest BCUT2D eigenvalue weighted by molar-refractivity contribution is 0.605. The molecule has 0 aromatic heterocycles. The monoisotopic (exact) mass is 135 g/mol. The Hall–Kier alpha value is -0.630. The van der Waals surface area contributed by atoms with Gasteiger partial charge in [0.15, 0.2) is 0 Å². The SMILES string of the molecule is CCC([N+]#N)[SH](=O)=O. The summed E-state index contributed by atoms with van der Waals surface area (Å²) in [5.41, 5.74) is 0. The highest BCUT2D eigenvalue weighted by molar-refractivity contribution is 7.73. The van der Waals surface area contributed by atoms with Crippen molar-refractivity contribution in [1.82, 2.24) is 0 Å². The summed E-state index contributed by atoms with van der Waals surface area (Å²) in [6.07, 6.45) is 0.329. The Morgan fingerprint density at radius 2 is 2.25 bits per heavy atom. The summed E-state index contributed by atoms with van der Waals surface area (Å²) in [5.74, 6) is 0. The average molecular weight is 135 g/mol. The van der Waals surface area contributed by atoms with Crippen LogP contribution >= 0.6 is 0 Å². The van der Waals surface area contributed by atoms with E-state index in [9.17, 15) is 8.42 Å². The van der Waals surface area contributed by atoms with E-state index in [-0.39, 0.29) is 0 Å². The molecule has 0 aliphatic heterocycles. The molecule has 4 nitrogen and oxygen atoms in total. The zero-order chi connectivity index (χ0) is 6.57. The predicted molar refractivity (Wildman–Crippen MR) is 29.5 cm³/mol. The molecule has 0 saturated heterocycles. The van der Waals surface area contributed by atoms with Crippen molar-refractivity contribution in [3.05, 3.63) is 4.98 Å². The lowest BCUT2D eigenvalue weighted by Gasteiger charge is -1.75. The minimum absolute atomic E-state index is 0.329. The summed E-state index contributed by atoms with van der Waals surface area (Å²) in [6.45, 7) is 1.63. The van der Waals surface area contributed by atoms with Gasteiger partial charge in [-0.1, -0.05) is 6.92 Å². The Labute approximate surface area is 49.1 Å². The molecular formula is C3H7N2O2S+. The van der Waals surface area contributed by atoms with Gasteiger partial charge in [0.1, 0.15) is 4.98 Å². The van der Waals surface area contributed by atoms with Crippen molar-refractivity contribution in [3.8, 4) is 0 Å². The van der Waals surface area contributed by atoms with Gasteiger partial charge < -0.3 is 0 Å². The topological polar surface area (TPSA) is 62.3 Å². The summed E-state index contributed by atoms with van der Waals surface area (Å²) in [6, 6.07) is 0. The van der Waals surface area contributed by atoms with Crippen molar-refractivity contribution in [2.45, 2.75) is 18.7 Å². The summed E-state index contributed by atoms with van der Waals surface area (Å²) >= 11 is 0. The first-order valence-corrected chi connectivity index (χ1v) is 3.44. The molecule has 0 heterocycles. The number of thiol groups is 1. The first-order valence-electron chi connectivity index (χ1n) is 2.20. The Morgan fingerprint density at radius 1 is 1.75 bits per heavy atom. The molecule has 1 atom stereocenters. The van der Waals surface area contributed by atoms with E-state index in [1.165, 1.54) is 0 Å². The lowest BCUT2D eigenvalue weighted by Crippen LogP contribution is -1.99. The summed E-state index contributed by atoms with van der Waals surface area (Å²) in [4.78, 5) is 2.61. The average Bonchev–Trinajstić information content (AvgIpc) is 1.69. The van der Waals surface area contributed by atoms with Crippen LogP contribution in [0.15, 0.2) is 0 Å². The number of rotatable bonds is 2. The van der Waals surface area contributed by atoms with Crippen LogP contribution in [-0.4, -0.2) is 13.8 Å². The molecular weight excluding hydrogens is 128 g/mol. The van der Waals surface area contributed by atoms with E-state index < -0.39 is 16.1 Å². The minimum atomic E-state index is -2.58. The summed E-state index contributed by atoms with van der Waals surface area (Å²) in [7, 11) is -2.58. The Balaban J connectivity index is 3.96. The molecule has 0 N–H and O–H groups in total. The van der Waals surface area contributed by atoms with Gasteiger partial charge >= 0.3 is 5.37 Å². The molecule has 0 fully saturated rings. The van der Waals surface area contributed by atoms with Crippen molar-refractivity contribution in [2.75, 3.05) is 0 Å². The van der Waals surface area contributed by atoms with Gasteiger partial charge in [-0.15, -0.1) is 0 Å². The highest BCUT2D eigenvalue weighted by Gasteiger charge is 2.18. The molecule has 8 heavy (non-hydrogen) atoms. The third-order valence-corrected chi connectivity index (χ3v) is 1.70. The second-order valence-corrected chi connectivity index (χ2v) is 2.46. The Kier molecular flexibility index (Phi) is 3.12. The van der Waals surface area contributed by atoms with E-state index in [0.717, 1.165) is 0 Å². The maximum absolute atomic E-state index is 9.94. The molecule has 0 aliphatic rings. The fourth-order valence-corrected chi connectivity index (χ4v) is 0.655. The van der Waals surface area contributed by atoms with Gasteiger partial charge in [0.25, 0.3) is 0 Å². The van der Waals surface area contributed by atoms with E-state index in [1.54, 1.807) is 6.92 Å². The molecule has 0 rings (SSSR count). The molecule has 0 saturated carbocycles.